The molecule has 18 heavy (non-hydrogen) atoms. The van der Waals surface area contributed by atoms with E-state index in [-0.39, 0.29) is 18.5 Å². The summed E-state index contributed by atoms with van der Waals surface area (Å²) >= 11 is 0. The van der Waals surface area contributed by atoms with E-state index in [2.05, 4.69) is 15.4 Å². The van der Waals surface area contributed by atoms with Crippen LogP contribution in [0.3, 0.4) is 0 Å². The van der Waals surface area contributed by atoms with Gasteiger partial charge in [0.1, 0.15) is 18.8 Å². The van der Waals surface area contributed by atoms with Gasteiger partial charge >= 0.3 is 0 Å². The number of carbonyl (C=O) groups is 1. The predicted octanol–water partition coefficient (Wildman–Crippen LogP) is 0.178. The van der Waals surface area contributed by atoms with E-state index in [1.807, 2.05) is 6.92 Å². The molecule has 0 atom stereocenters. The standard InChI is InChI=1S/C12H20N4O2/c1-2-16-12(14-9-15-16)7-10(17)8-18-11-3-5-13-6-4-11/h9,11,13H,2-8H2,1H3. The van der Waals surface area contributed by atoms with E-state index in [4.69, 9.17) is 4.74 Å². The average molecular weight is 252 g/mol. The Morgan fingerprint density at radius 3 is 3.06 bits per heavy atom. The van der Waals surface area contributed by atoms with Crippen LogP contribution >= 0.6 is 0 Å². The highest BCUT2D eigenvalue weighted by molar-refractivity contribution is 5.81. The van der Waals surface area contributed by atoms with Crippen LogP contribution in [0.1, 0.15) is 25.6 Å². The van der Waals surface area contributed by atoms with E-state index in [9.17, 15) is 4.79 Å². The van der Waals surface area contributed by atoms with Crippen molar-refractivity contribution in [3.8, 4) is 0 Å². The summed E-state index contributed by atoms with van der Waals surface area (Å²) in [5.41, 5.74) is 0. The van der Waals surface area contributed by atoms with Crippen LogP contribution in [-0.2, 0) is 22.5 Å². The Hall–Kier alpha value is -1.27. The molecule has 1 saturated heterocycles. The summed E-state index contributed by atoms with van der Waals surface area (Å²) in [6, 6.07) is 0. The summed E-state index contributed by atoms with van der Waals surface area (Å²) < 4.78 is 7.36. The van der Waals surface area contributed by atoms with Crippen molar-refractivity contribution >= 4 is 5.78 Å². The van der Waals surface area contributed by atoms with Crippen LogP contribution in [-0.4, -0.2) is 46.3 Å². The fourth-order valence-electron chi connectivity index (χ4n) is 2.09. The average Bonchev–Trinajstić information content (AvgIpc) is 2.85. The lowest BCUT2D eigenvalue weighted by molar-refractivity contribution is -0.125. The number of ketones is 1. The molecule has 0 spiro atoms. The first-order chi connectivity index (χ1) is 8.79. The maximum atomic E-state index is 11.8. The molecular weight excluding hydrogens is 232 g/mol. The smallest absolute Gasteiger partial charge is 0.166 e. The van der Waals surface area contributed by atoms with Gasteiger partial charge < -0.3 is 10.1 Å². The lowest BCUT2D eigenvalue weighted by Crippen LogP contribution is -2.33. The molecule has 1 N–H and O–H groups in total. The Balaban J connectivity index is 1.74. The van der Waals surface area contributed by atoms with E-state index in [1.54, 1.807) is 4.68 Å². The van der Waals surface area contributed by atoms with Gasteiger partial charge in [0.2, 0.25) is 0 Å². The number of piperidine rings is 1. The maximum Gasteiger partial charge on any atom is 0.166 e. The van der Waals surface area contributed by atoms with Crippen molar-refractivity contribution in [2.24, 2.45) is 0 Å². The lowest BCUT2D eigenvalue weighted by atomic mass is 10.1. The summed E-state index contributed by atoms with van der Waals surface area (Å²) in [7, 11) is 0. The first kappa shape index (κ1) is 13.2. The van der Waals surface area contributed by atoms with Gasteiger partial charge in [-0.25, -0.2) is 9.67 Å². The van der Waals surface area contributed by atoms with Crippen LogP contribution in [0, 0.1) is 0 Å². The summed E-state index contributed by atoms with van der Waals surface area (Å²) in [4.78, 5) is 15.9. The summed E-state index contributed by atoms with van der Waals surface area (Å²) in [5.74, 6) is 0.785. The Kier molecular flexibility index (Phi) is 4.83. The molecule has 1 aliphatic heterocycles. The molecule has 0 aromatic carbocycles. The number of ether oxygens (including phenoxy) is 1. The van der Waals surface area contributed by atoms with E-state index < -0.39 is 0 Å². The quantitative estimate of drug-likeness (QED) is 0.782. The molecule has 0 saturated carbocycles. The van der Waals surface area contributed by atoms with Crippen molar-refractivity contribution in [2.45, 2.75) is 38.8 Å². The monoisotopic (exact) mass is 252 g/mol. The molecule has 6 heteroatoms. The zero-order chi connectivity index (χ0) is 12.8. The summed E-state index contributed by atoms with van der Waals surface area (Å²) in [6.07, 6.45) is 3.98. The number of aryl methyl sites for hydroxylation is 1. The van der Waals surface area contributed by atoms with Crippen LogP contribution in [0.15, 0.2) is 6.33 Å². The molecular formula is C12H20N4O2. The Bertz CT molecular complexity index is 385. The van der Waals surface area contributed by atoms with Gasteiger partial charge in [-0.3, -0.25) is 4.79 Å². The topological polar surface area (TPSA) is 69.0 Å². The molecule has 6 nitrogen and oxygen atoms in total. The summed E-state index contributed by atoms with van der Waals surface area (Å²) in [5, 5.41) is 7.31. The number of nitrogens with zero attached hydrogens (tertiary/aromatic N) is 3. The molecule has 0 unspecified atom stereocenters. The van der Waals surface area contributed by atoms with Crippen molar-refractivity contribution in [3.05, 3.63) is 12.2 Å². The van der Waals surface area contributed by atoms with Gasteiger partial charge in [-0.2, -0.15) is 5.10 Å². The second-order valence-electron chi connectivity index (χ2n) is 4.47. The van der Waals surface area contributed by atoms with Crippen molar-refractivity contribution in [1.82, 2.24) is 20.1 Å². The van der Waals surface area contributed by atoms with Gasteiger partial charge in [-0.15, -0.1) is 0 Å². The van der Waals surface area contributed by atoms with Crippen LogP contribution in [0.25, 0.3) is 0 Å². The number of rotatable bonds is 6. The molecule has 1 aromatic heterocycles. The van der Waals surface area contributed by atoms with Crippen molar-refractivity contribution < 1.29 is 9.53 Å². The van der Waals surface area contributed by atoms with Gasteiger partial charge in [0.15, 0.2) is 5.78 Å². The predicted molar refractivity (Wildman–Crippen MR) is 66.3 cm³/mol. The molecule has 100 valence electrons. The van der Waals surface area contributed by atoms with Crippen molar-refractivity contribution in [2.75, 3.05) is 19.7 Å². The number of aromatic nitrogens is 3. The van der Waals surface area contributed by atoms with E-state index >= 15 is 0 Å². The minimum atomic E-state index is 0.0660. The fourth-order valence-corrected chi connectivity index (χ4v) is 2.09. The minimum absolute atomic E-state index is 0.0660. The van der Waals surface area contributed by atoms with E-state index in [0.29, 0.717) is 6.42 Å². The summed E-state index contributed by atoms with van der Waals surface area (Å²) in [6.45, 7) is 4.85. The zero-order valence-electron chi connectivity index (χ0n) is 10.8. The molecule has 0 radical (unpaired) electrons. The largest absolute Gasteiger partial charge is 0.370 e. The number of carbonyl (C=O) groups excluding carboxylic acids is 1. The molecule has 0 aliphatic carbocycles. The second-order valence-corrected chi connectivity index (χ2v) is 4.47. The minimum Gasteiger partial charge on any atom is -0.370 e. The van der Waals surface area contributed by atoms with E-state index in [0.717, 1.165) is 38.3 Å². The normalized spacial score (nSPS) is 16.9. The van der Waals surface area contributed by atoms with Crippen LogP contribution in [0.2, 0.25) is 0 Å². The highest BCUT2D eigenvalue weighted by Gasteiger charge is 2.16. The third kappa shape index (κ3) is 3.61. The lowest BCUT2D eigenvalue weighted by Gasteiger charge is -2.22. The van der Waals surface area contributed by atoms with Crippen LogP contribution in [0.4, 0.5) is 0 Å². The van der Waals surface area contributed by atoms with Gasteiger partial charge in [0.25, 0.3) is 0 Å². The Labute approximate surface area is 107 Å². The SMILES string of the molecule is CCn1ncnc1CC(=O)COC1CCNCC1. The third-order valence-electron chi connectivity index (χ3n) is 3.12. The zero-order valence-corrected chi connectivity index (χ0v) is 10.8. The Morgan fingerprint density at radius 1 is 1.56 bits per heavy atom. The second kappa shape index (κ2) is 6.61. The van der Waals surface area contributed by atoms with Gasteiger partial charge in [-0.05, 0) is 32.9 Å². The third-order valence-corrected chi connectivity index (χ3v) is 3.12. The van der Waals surface area contributed by atoms with E-state index in [1.165, 1.54) is 6.33 Å². The van der Waals surface area contributed by atoms with Crippen LogP contribution in [0.5, 0.6) is 0 Å². The number of hydrogen-bond acceptors (Lipinski definition) is 5. The fraction of sp³-hybridized carbons (Fsp3) is 0.750. The molecule has 1 aliphatic rings. The van der Waals surface area contributed by atoms with Crippen molar-refractivity contribution in [1.29, 1.82) is 0 Å². The first-order valence-corrected chi connectivity index (χ1v) is 6.50. The first-order valence-electron chi connectivity index (χ1n) is 6.50. The highest BCUT2D eigenvalue weighted by Crippen LogP contribution is 2.07. The molecule has 1 aromatic rings. The highest BCUT2D eigenvalue weighted by atomic mass is 16.5. The van der Waals surface area contributed by atoms with Gasteiger partial charge in [0, 0.05) is 6.54 Å². The van der Waals surface area contributed by atoms with Gasteiger partial charge in [0.05, 0.1) is 12.5 Å². The molecule has 2 heterocycles. The van der Waals surface area contributed by atoms with Gasteiger partial charge in [-0.1, -0.05) is 0 Å². The molecule has 2 rings (SSSR count). The number of hydrogen-bond donors (Lipinski definition) is 1. The van der Waals surface area contributed by atoms with Crippen molar-refractivity contribution in [3.63, 3.8) is 0 Å². The number of Topliss-reactive ketones (excluding diaryl/α,β-unsaturated/α-hetero) is 1. The van der Waals surface area contributed by atoms with Crippen LogP contribution < -0.4 is 5.32 Å². The Morgan fingerprint density at radius 2 is 2.33 bits per heavy atom. The molecule has 1 fully saturated rings. The number of nitrogens with one attached hydrogen (secondary N) is 1. The molecule has 0 bridgehead atoms. The maximum absolute atomic E-state index is 11.8. The molecule has 0 amide bonds.